The van der Waals surface area contributed by atoms with Crippen molar-refractivity contribution >= 4 is 67.6 Å². The highest BCUT2D eigenvalue weighted by Crippen LogP contribution is 2.44. The molecular formula is C51H56N8O8. The quantitative estimate of drug-likeness (QED) is 0.0832. The highest BCUT2D eigenvalue weighted by atomic mass is 16.7. The number of alkyl carbamates (subject to hydrolysis) is 2. The van der Waals surface area contributed by atoms with Crippen molar-refractivity contribution in [1.29, 1.82) is 0 Å². The number of carbonyl (C=O) groups excluding carboxylic acids is 4. The number of ether oxygens (including phenoxy) is 4. The fraction of sp³-hybridized carbons (Fsp3) is 0.373. The molecule has 1 aliphatic heterocycles. The largest absolute Gasteiger partial charge is 0.453 e. The molecule has 16 nitrogen and oxygen atoms in total. The van der Waals surface area contributed by atoms with Gasteiger partial charge in [-0.1, -0.05) is 94.4 Å². The Hall–Kier alpha value is -7.04. The number of carbonyl (C=O) groups is 4. The first kappa shape index (κ1) is 45.1. The Kier molecular flexibility index (Phi) is 12.3. The minimum Gasteiger partial charge on any atom is -0.453 e. The van der Waals surface area contributed by atoms with Crippen LogP contribution in [0, 0.1) is 17.8 Å². The van der Waals surface area contributed by atoms with E-state index in [4.69, 9.17) is 28.9 Å². The molecule has 3 heterocycles. The van der Waals surface area contributed by atoms with Crippen molar-refractivity contribution in [3.63, 3.8) is 0 Å². The SMILES string of the molecule is COC(=O)N[C@H](C(=O)N(Cc1nc2c(ccc3cc(-c4ccc5c(ccc6[nH]c(CN(C(=O)[C@H](NC(=O)OC)c7ccccc7)C7[C@@H](C)[C@H]7C)nc65)c4)ccc32)[nH]1)CC1(C)OCCO1)C(C)C. The molecule has 16 heteroatoms. The van der Waals surface area contributed by atoms with Crippen LogP contribution in [-0.2, 0) is 41.6 Å². The van der Waals surface area contributed by atoms with Gasteiger partial charge in [0.1, 0.15) is 23.7 Å². The summed E-state index contributed by atoms with van der Waals surface area (Å²) in [5.74, 6) is 0.0441. The van der Waals surface area contributed by atoms with Gasteiger partial charge in [0.15, 0.2) is 5.79 Å². The zero-order chi connectivity index (χ0) is 47.1. The van der Waals surface area contributed by atoms with Crippen molar-refractivity contribution in [3.05, 3.63) is 108 Å². The van der Waals surface area contributed by atoms with Crippen molar-refractivity contribution < 1.29 is 38.1 Å². The summed E-state index contributed by atoms with van der Waals surface area (Å²) >= 11 is 0. The molecule has 1 saturated carbocycles. The third-order valence-corrected chi connectivity index (χ3v) is 13.3. The number of nitrogens with zero attached hydrogens (tertiary/aromatic N) is 4. The molecule has 1 saturated heterocycles. The molecule has 5 atom stereocenters. The summed E-state index contributed by atoms with van der Waals surface area (Å²) in [6.45, 7) is 11.1. The van der Waals surface area contributed by atoms with Crippen molar-refractivity contribution in [2.75, 3.05) is 34.0 Å². The fourth-order valence-corrected chi connectivity index (χ4v) is 9.47. The highest BCUT2D eigenvalue weighted by molar-refractivity contribution is 6.07. The molecule has 0 bridgehead atoms. The van der Waals surface area contributed by atoms with Gasteiger partial charge in [0.25, 0.3) is 5.91 Å². The van der Waals surface area contributed by atoms with E-state index in [0.717, 1.165) is 54.7 Å². The molecular weight excluding hydrogens is 853 g/mol. The van der Waals surface area contributed by atoms with E-state index in [9.17, 15) is 19.2 Å². The van der Waals surface area contributed by atoms with Gasteiger partial charge in [-0.3, -0.25) is 9.59 Å². The monoisotopic (exact) mass is 908 g/mol. The zero-order valence-corrected chi connectivity index (χ0v) is 38.7. The second-order valence-corrected chi connectivity index (χ2v) is 18.2. The van der Waals surface area contributed by atoms with Crippen LogP contribution in [0.15, 0.2) is 91.0 Å². The molecule has 348 valence electrons. The smallest absolute Gasteiger partial charge is 0.407 e. The van der Waals surface area contributed by atoms with Gasteiger partial charge in [-0.25, -0.2) is 19.6 Å². The molecule has 67 heavy (non-hydrogen) atoms. The first-order chi connectivity index (χ1) is 32.2. The third-order valence-electron chi connectivity index (χ3n) is 13.3. The first-order valence-electron chi connectivity index (χ1n) is 22.7. The van der Waals surface area contributed by atoms with Crippen LogP contribution in [0.4, 0.5) is 9.59 Å². The van der Waals surface area contributed by atoms with Gasteiger partial charge in [0, 0.05) is 16.8 Å². The van der Waals surface area contributed by atoms with Gasteiger partial charge in [-0.2, -0.15) is 0 Å². The lowest BCUT2D eigenvalue weighted by Gasteiger charge is -2.34. The van der Waals surface area contributed by atoms with Crippen molar-refractivity contribution in [3.8, 4) is 11.1 Å². The first-order valence-corrected chi connectivity index (χ1v) is 22.7. The van der Waals surface area contributed by atoms with Crippen LogP contribution in [0.3, 0.4) is 0 Å². The van der Waals surface area contributed by atoms with Crippen LogP contribution < -0.4 is 10.6 Å². The minimum atomic E-state index is -1.01. The summed E-state index contributed by atoms with van der Waals surface area (Å²) in [5, 5.41) is 9.40. The molecule has 1 aliphatic carbocycles. The van der Waals surface area contributed by atoms with Crippen LogP contribution in [-0.4, -0.2) is 106 Å². The highest BCUT2D eigenvalue weighted by Gasteiger charge is 2.50. The van der Waals surface area contributed by atoms with Gasteiger partial charge in [0.2, 0.25) is 5.91 Å². The number of nitrogens with one attached hydrogen (secondary N) is 4. The lowest BCUT2D eigenvalue weighted by atomic mass is 9.98. The molecule has 2 aliphatic rings. The fourth-order valence-electron chi connectivity index (χ4n) is 9.47. The number of aromatic amines is 2. The predicted molar refractivity (Wildman–Crippen MR) is 253 cm³/mol. The lowest BCUT2D eigenvalue weighted by molar-refractivity contribution is -0.169. The second kappa shape index (κ2) is 18.3. The van der Waals surface area contributed by atoms with Gasteiger partial charge in [-0.15, -0.1) is 0 Å². The molecule has 4 amide bonds. The van der Waals surface area contributed by atoms with Crippen molar-refractivity contribution in [2.45, 2.75) is 71.6 Å². The number of amides is 4. The summed E-state index contributed by atoms with van der Waals surface area (Å²) in [7, 11) is 2.55. The van der Waals surface area contributed by atoms with Gasteiger partial charge >= 0.3 is 12.2 Å². The Labute approximate surface area is 387 Å². The summed E-state index contributed by atoms with van der Waals surface area (Å²) in [6.07, 6.45) is -1.37. The number of benzene rings is 5. The summed E-state index contributed by atoms with van der Waals surface area (Å²) in [6, 6.07) is 28.2. The van der Waals surface area contributed by atoms with E-state index < -0.39 is 30.1 Å². The van der Waals surface area contributed by atoms with Gasteiger partial charge < -0.3 is 49.3 Å². The Morgan fingerprint density at radius 2 is 1.27 bits per heavy atom. The van der Waals surface area contributed by atoms with Gasteiger partial charge in [-0.05, 0) is 76.4 Å². The summed E-state index contributed by atoms with van der Waals surface area (Å²) in [4.78, 5) is 73.6. The summed E-state index contributed by atoms with van der Waals surface area (Å²) < 4.78 is 21.5. The van der Waals surface area contributed by atoms with Crippen LogP contribution in [0.25, 0.3) is 54.7 Å². The minimum absolute atomic E-state index is 0.0123. The molecule has 2 fully saturated rings. The number of aromatic nitrogens is 4. The standard InChI is InChI=1S/C51H56N8O8/c1-28(2)42(56-49(62)64-6)47(60)58(27-51(5)66-21-22-67-51)25-40-52-38-19-15-34-23-32(13-17-36(34)44(38)54-40)33-14-18-37-35(24-33)16-20-39-45(37)55-41(53-39)26-59(46-29(3)30(46)4)48(61)43(57-50(63)65-7)31-11-9-8-10-12-31/h8-20,23-24,28-30,42-43,46H,21-22,25-27H2,1-7H3,(H,52,54)(H,53,55)(H,56,62)(H,57,63)/t29-,30+,42-,43+,46?/m0/s1. The Morgan fingerprint density at radius 3 is 1.79 bits per heavy atom. The number of rotatable bonds is 14. The number of hydrogen-bond acceptors (Lipinski definition) is 10. The van der Waals surface area contributed by atoms with Crippen molar-refractivity contribution in [1.82, 2.24) is 40.4 Å². The molecule has 5 aromatic carbocycles. The lowest BCUT2D eigenvalue weighted by Crippen LogP contribution is -2.54. The molecule has 0 radical (unpaired) electrons. The second-order valence-electron chi connectivity index (χ2n) is 18.2. The van der Waals surface area contributed by atoms with Crippen LogP contribution in [0.5, 0.6) is 0 Å². The molecule has 2 aromatic heterocycles. The number of H-pyrrole nitrogens is 2. The van der Waals surface area contributed by atoms with Crippen LogP contribution >= 0.6 is 0 Å². The third kappa shape index (κ3) is 9.10. The molecule has 1 unspecified atom stereocenters. The van der Waals surface area contributed by atoms with E-state index in [-0.39, 0.29) is 55.2 Å². The van der Waals surface area contributed by atoms with E-state index in [1.165, 1.54) is 14.2 Å². The Morgan fingerprint density at radius 1 is 0.731 bits per heavy atom. The van der Waals surface area contributed by atoms with E-state index >= 15 is 0 Å². The van der Waals surface area contributed by atoms with E-state index in [1.807, 2.05) is 61.2 Å². The maximum absolute atomic E-state index is 14.4. The molecule has 4 N–H and O–H groups in total. The number of hydrogen-bond donors (Lipinski definition) is 4. The molecule has 7 aromatic rings. The topological polar surface area (TPSA) is 193 Å². The van der Waals surface area contributed by atoms with Crippen molar-refractivity contribution in [2.24, 2.45) is 17.8 Å². The van der Waals surface area contributed by atoms with Crippen LogP contribution in [0.1, 0.15) is 57.9 Å². The average Bonchev–Trinajstić information content (AvgIpc) is 3.80. The maximum Gasteiger partial charge on any atom is 0.407 e. The predicted octanol–water partition coefficient (Wildman–Crippen LogP) is 7.97. The maximum atomic E-state index is 14.4. The van der Waals surface area contributed by atoms with E-state index in [0.29, 0.717) is 30.4 Å². The molecule has 9 rings (SSSR count). The van der Waals surface area contributed by atoms with E-state index in [1.54, 1.807) is 11.8 Å². The Balaban J connectivity index is 0.973. The van der Waals surface area contributed by atoms with E-state index in [2.05, 4.69) is 83.0 Å². The van der Waals surface area contributed by atoms with Crippen LogP contribution in [0.2, 0.25) is 0 Å². The summed E-state index contributed by atoms with van der Waals surface area (Å²) in [5.41, 5.74) is 6.00. The zero-order valence-electron chi connectivity index (χ0n) is 38.7. The number of imidazole rings is 2. The molecule has 0 spiro atoms. The number of fused-ring (bicyclic) bond motifs is 6. The van der Waals surface area contributed by atoms with Gasteiger partial charge in [0.05, 0.1) is 69.1 Å². The normalized spacial score (nSPS) is 18.5. The number of methoxy groups -OCH3 is 2. The Bertz CT molecular complexity index is 2990. The average molecular weight is 909 g/mol.